The number of nitrogens with zero attached hydrogens (tertiary/aromatic N) is 1. The monoisotopic (exact) mass is 209 g/mol. The van der Waals surface area contributed by atoms with Gasteiger partial charge in [0.15, 0.2) is 11.1 Å². The van der Waals surface area contributed by atoms with E-state index < -0.39 is 11.1 Å². The molecule has 1 unspecified atom stereocenters. The molecule has 14 heavy (non-hydrogen) atoms. The van der Waals surface area contributed by atoms with Crippen molar-refractivity contribution in [2.75, 3.05) is 5.75 Å². The number of fused-ring (bicyclic) bond motifs is 1. The van der Waals surface area contributed by atoms with Crippen LogP contribution in [0.2, 0.25) is 0 Å². The Bertz CT molecular complexity index is 464. The summed E-state index contributed by atoms with van der Waals surface area (Å²) in [5, 5.41) is 1.16. The Morgan fingerprint density at radius 1 is 1.29 bits per heavy atom. The average Bonchev–Trinajstić information content (AvgIpc) is 2.58. The zero-order valence-electron chi connectivity index (χ0n) is 7.59. The molecule has 1 N–H and O–H groups in total. The van der Waals surface area contributed by atoms with Gasteiger partial charge in [-0.15, -0.1) is 0 Å². The van der Waals surface area contributed by atoms with Crippen LogP contribution in [0.5, 0.6) is 0 Å². The summed E-state index contributed by atoms with van der Waals surface area (Å²) in [7, 11) is 0. The van der Waals surface area contributed by atoms with Gasteiger partial charge in [0.1, 0.15) is 0 Å². The molecule has 0 aliphatic carbocycles. The molecular weight excluding hydrogens is 198 g/mol. The van der Waals surface area contributed by atoms with Gasteiger partial charge in [-0.1, -0.05) is 18.2 Å². The van der Waals surface area contributed by atoms with E-state index in [1.54, 1.807) is 0 Å². The van der Waals surface area contributed by atoms with E-state index in [1.807, 2.05) is 41.1 Å². The van der Waals surface area contributed by atoms with E-state index >= 15 is 0 Å². The normalized spacial score (nSPS) is 13.2. The molecular formula is C10H11NO2S. The number of benzene rings is 1. The summed E-state index contributed by atoms with van der Waals surface area (Å²) in [6.07, 6.45) is 1.94. The Kier molecular flexibility index (Phi) is 2.65. The summed E-state index contributed by atoms with van der Waals surface area (Å²) in [6.45, 7) is 0.580. The lowest BCUT2D eigenvalue weighted by molar-refractivity contribution is 0.559. The molecule has 0 aliphatic rings. The predicted octanol–water partition coefficient (Wildman–Crippen LogP) is 1.86. The van der Waals surface area contributed by atoms with Gasteiger partial charge in [0, 0.05) is 18.3 Å². The Morgan fingerprint density at radius 3 is 2.86 bits per heavy atom. The fourth-order valence-corrected chi connectivity index (χ4v) is 1.86. The van der Waals surface area contributed by atoms with E-state index in [-0.39, 0.29) is 5.75 Å². The largest absolute Gasteiger partial charge is 0.346 e. The summed E-state index contributed by atoms with van der Waals surface area (Å²) in [5.41, 5.74) is 1.11. The quantitative estimate of drug-likeness (QED) is 0.784. The van der Waals surface area contributed by atoms with Gasteiger partial charge in [-0.3, -0.25) is 0 Å². The molecule has 1 aromatic heterocycles. The molecule has 0 bridgehead atoms. The molecule has 1 heterocycles. The second-order valence-corrected chi connectivity index (χ2v) is 4.14. The van der Waals surface area contributed by atoms with Crippen LogP contribution < -0.4 is 0 Å². The molecule has 1 atom stereocenters. The fourth-order valence-electron chi connectivity index (χ4n) is 1.51. The van der Waals surface area contributed by atoms with Gasteiger partial charge in [-0.2, -0.15) is 0 Å². The maximum atomic E-state index is 10.5. The number of hydrogen-bond acceptors (Lipinski definition) is 1. The number of hydrogen-bond donors (Lipinski definition) is 1. The van der Waals surface area contributed by atoms with Crippen LogP contribution in [0, 0.1) is 0 Å². The highest BCUT2D eigenvalue weighted by Crippen LogP contribution is 2.14. The van der Waals surface area contributed by atoms with Crippen LogP contribution in [0.3, 0.4) is 0 Å². The molecule has 2 rings (SSSR count). The number of rotatable bonds is 3. The molecule has 0 spiro atoms. The lowest BCUT2D eigenvalue weighted by Gasteiger charge is -2.02. The zero-order valence-corrected chi connectivity index (χ0v) is 8.41. The van der Waals surface area contributed by atoms with Gasteiger partial charge in [-0.05, 0) is 17.5 Å². The standard InChI is InChI=1S/C10H11NO2S/c12-14(13)8-7-11-6-5-9-3-1-2-4-10(9)11/h1-6H,7-8H2,(H,12,13). The van der Waals surface area contributed by atoms with Crippen molar-refractivity contribution >= 4 is 22.0 Å². The van der Waals surface area contributed by atoms with Crippen LogP contribution in [0.25, 0.3) is 10.9 Å². The van der Waals surface area contributed by atoms with Crippen LogP contribution in [-0.4, -0.2) is 19.1 Å². The lowest BCUT2D eigenvalue weighted by Crippen LogP contribution is -2.05. The Hall–Kier alpha value is -1.13. The molecule has 0 fully saturated rings. The predicted molar refractivity (Wildman–Crippen MR) is 57.6 cm³/mol. The average molecular weight is 209 g/mol. The minimum atomic E-state index is -1.71. The Labute approximate surface area is 84.6 Å². The van der Waals surface area contributed by atoms with Gasteiger partial charge < -0.3 is 9.12 Å². The summed E-state index contributed by atoms with van der Waals surface area (Å²) in [5.74, 6) is 0.276. The van der Waals surface area contributed by atoms with E-state index in [4.69, 9.17) is 4.55 Å². The molecule has 0 saturated carbocycles. The third-order valence-electron chi connectivity index (χ3n) is 2.19. The Balaban J connectivity index is 2.29. The Morgan fingerprint density at radius 2 is 2.07 bits per heavy atom. The highest BCUT2D eigenvalue weighted by Gasteiger charge is 2.00. The van der Waals surface area contributed by atoms with E-state index in [0.29, 0.717) is 6.54 Å². The number of aromatic nitrogens is 1. The first-order valence-electron chi connectivity index (χ1n) is 4.39. The zero-order chi connectivity index (χ0) is 9.97. The molecule has 3 nitrogen and oxygen atoms in total. The van der Waals surface area contributed by atoms with Gasteiger partial charge in [-0.25, -0.2) is 4.21 Å². The molecule has 2 aromatic rings. The van der Waals surface area contributed by atoms with Crippen LogP contribution in [0.4, 0.5) is 0 Å². The third-order valence-corrected chi connectivity index (χ3v) is 2.72. The van der Waals surface area contributed by atoms with Crippen molar-refractivity contribution in [2.24, 2.45) is 0 Å². The SMILES string of the molecule is O=S(O)CCn1ccc2ccccc21. The molecule has 4 heteroatoms. The van der Waals surface area contributed by atoms with E-state index in [2.05, 4.69) is 0 Å². The number of aryl methyl sites for hydroxylation is 1. The molecule has 0 amide bonds. The maximum Gasteiger partial charge on any atom is 0.154 e. The van der Waals surface area contributed by atoms with Crippen molar-refractivity contribution in [1.82, 2.24) is 4.57 Å². The molecule has 1 aromatic carbocycles. The maximum absolute atomic E-state index is 10.5. The van der Waals surface area contributed by atoms with Crippen molar-refractivity contribution < 1.29 is 8.76 Å². The van der Waals surface area contributed by atoms with Gasteiger partial charge >= 0.3 is 0 Å². The minimum absolute atomic E-state index is 0.276. The molecule has 0 saturated heterocycles. The van der Waals surface area contributed by atoms with Crippen molar-refractivity contribution in [3.05, 3.63) is 36.5 Å². The van der Waals surface area contributed by atoms with E-state index in [0.717, 1.165) is 10.9 Å². The topological polar surface area (TPSA) is 42.2 Å². The molecule has 74 valence electrons. The van der Waals surface area contributed by atoms with Crippen molar-refractivity contribution in [3.8, 4) is 0 Å². The first kappa shape index (κ1) is 9.43. The first-order valence-corrected chi connectivity index (χ1v) is 5.66. The summed E-state index contributed by atoms with van der Waals surface area (Å²) in [4.78, 5) is 0. The van der Waals surface area contributed by atoms with Gasteiger partial charge in [0.05, 0.1) is 5.75 Å². The summed E-state index contributed by atoms with van der Waals surface area (Å²) >= 11 is -1.71. The smallest absolute Gasteiger partial charge is 0.154 e. The van der Waals surface area contributed by atoms with Crippen LogP contribution in [0.15, 0.2) is 36.5 Å². The van der Waals surface area contributed by atoms with E-state index in [1.165, 1.54) is 0 Å². The van der Waals surface area contributed by atoms with Gasteiger partial charge in [0.25, 0.3) is 0 Å². The first-order chi connectivity index (χ1) is 6.77. The lowest BCUT2D eigenvalue weighted by atomic mass is 10.2. The highest BCUT2D eigenvalue weighted by molar-refractivity contribution is 7.79. The molecule has 0 aliphatic heterocycles. The molecule has 0 radical (unpaired) electrons. The number of para-hydroxylation sites is 1. The summed E-state index contributed by atoms with van der Waals surface area (Å²) in [6, 6.07) is 10.00. The van der Waals surface area contributed by atoms with Crippen molar-refractivity contribution in [2.45, 2.75) is 6.54 Å². The summed E-state index contributed by atoms with van der Waals surface area (Å²) < 4.78 is 21.2. The van der Waals surface area contributed by atoms with Crippen LogP contribution in [-0.2, 0) is 17.6 Å². The van der Waals surface area contributed by atoms with Crippen LogP contribution in [0.1, 0.15) is 0 Å². The minimum Gasteiger partial charge on any atom is -0.346 e. The third kappa shape index (κ3) is 1.86. The van der Waals surface area contributed by atoms with E-state index in [9.17, 15) is 4.21 Å². The fraction of sp³-hybridized carbons (Fsp3) is 0.200. The second kappa shape index (κ2) is 3.94. The van der Waals surface area contributed by atoms with Crippen LogP contribution >= 0.6 is 0 Å². The van der Waals surface area contributed by atoms with Crippen molar-refractivity contribution in [3.63, 3.8) is 0 Å². The van der Waals surface area contributed by atoms with Gasteiger partial charge in [0.2, 0.25) is 0 Å². The van der Waals surface area contributed by atoms with Crippen molar-refractivity contribution in [1.29, 1.82) is 0 Å². The second-order valence-electron chi connectivity index (χ2n) is 3.09. The highest BCUT2D eigenvalue weighted by atomic mass is 32.2.